The average molecular weight is 1100 g/mol. The summed E-state index contributed by atoms with van der Waals surface area (Å²) in [4.78, 5) is 53.7. The van der Waals surface area contributed by atoms with E-state index in [0.717, 1.165) is 16.3 Å². The van der Waals surface area contributed by atoms with E-state index < -0.39 is 5.92 Å². The van der Waals surface area contributed by atoms with Crippen molar-refractivity contribution in [3.8, 4) is 0 Å². The van der Waals surface area contributed by atoms with Gasteiger partial charge in [-0.1, -0.05) is 48.9 Å². The van der Waals surface area contributed by atoms with Crippen molar-refractivity contribution >= 4 is 51.5 Å². The first-order valence-electron chi connectivity index (χ1n) is 26.7. The van der Waals surface area contributed by atoms with Gasteiger partial charge in [-0.05, 0) is 48.3 Å². The molecule has 22 heteroatoms. The lowest BCUT2D eigenvalue weighted by atomic mass is 9.92. The molecule has 0 aromatic heterocycles. The van der Waals surface area contributed by atoms with Gasteiger partial charge in [0.05, 0.1) is 184 Å². The molecule has 0 heterocycles. The number of hydrogen-bond donors (Lipinski definition) is 3. The van der Waals surface area contributed by atoms with Crippen LogP contribution in [0.25, 0.3) is 10.8 Å². The van der Waals surface area contributed by atoms with Gasteiger partial charge in [0.2, 0.25) is 11.8 Å². The highest BCUT2D eigenvalue weighted by Gasteiger charge is 2.22. The SMILES string of the molecule is CC(=O)CCOCCOCCOCCOCCOCCOCCOCCOCCNCOCCNC(=O)C(CCCCNC(=O)CCOCCOCCOCCOCCN=C=S)CC(=O)Cc1ccc2ccccc2c1. The van der Waals surface area contributed by atoms with Crippen molar-refractivity contribution in [2.24, 2.45) is 10.9 Å². The quantitative estimate of drug-likeness (QED) is 0.0371. The van der Waals surface area contributed by atoms with Crippen molar-refractivity contribution < 1.29 is 80.8 Å². The van der Waals surface area contributed by atoms with Gasteiger partial charge in [0.1, 0.15) is 11.6 Å². The van der Waals surface area contributed by atoms with Crippen LogP contribution in [0.15, 0.2) is 47.5 Å². The summed E-state index contributed by atoms with van der Waals surface area (Å²) >= 11 is 4.50. The van der Waals surface area contributed by atoms with E-state index in [2.05, 4.69) is 38.3 Å². The third-order valence-electron chi connectivity index (χ3n) is 10.7. The number of hydrogen-bond acceptors (Lipinski definition) is 20. The molecular weight excluding hydrogens is 1010 g/mol. The molecule has 432 valence electrons. The highest BCUT2D eigenvalue weighted by Crippen LogP contribution is 2.19. The number of nitrogens with one attached hydrogen (secondary N) is 3. The Morgan fingerprint density at radius 3 is 1.51 bits per heavy atom. The van der Waals surface area contributed by atoms with E-state index in [1.54, 1.807) is 6.92 Å². The number of isothiocyanates is 1. The maximum atomic E-state index is 13.4. The van der Waals surface area contributed by atoms with Gasteiger partial charge in [-0.2, -0.15) is 0 Å². The fourth-order valence-electron chi connectivity index (χ4n) is 6.77. The number of benzene rings is 2. The largest absolute Gasteiger partial charge is 0.379 e. The fourth-order valence-corrected chi connectivity index (χ4v) is 6.86. The van der Waals surface area contributed by atoms with Crippen molar-refractivity contribution in [2.75, 3.05) is 198 Å². The maximum Gasteiger partial charge on any atom is 0.223 e. The van der Waals surface area contributed by atoms with Crippen LogP contribution in [0.5, 0.6) is 0 Å². The summed E-state index contributed by atoms with van der Waals surface area (Å²) in [5, 5.41) is 13.5. The molecule has 0 aliphatic rings. The third kappa shape index (κ3) is 43.2. The molecule has 0 saturated heterocycles. The molecule has 3 N–H and O–H groups in total. The van der Waals surface area contributed by atoms with Crippen LogP contribution >= 0.6 is 12.2 Å². The van der Waals surface area contributed by atoms with Crippen LogP contribution in [0.4, 0.5) is 0 Å². The van der Waals surface area contributed by atoms with Gasteiger partial charge in [-0.3, -0.25) is 24.5 Å². The smallest absolute Gasteiger partial charge is 0.223 e. The molecule has 2 aromatic carbocycles. The minimum absolute atomic E-state index is 0.00533. The summed E-state index contributed by atoms with van der Waals surface area (Å²) in [6.45, 7) is 14.7. The lowest BCUT2D eigenvalue weighted by molar-refractivity contribution is -0.129. The number of aliphatic imine (C=N–C) groups is 1. The minimum atomic E-state index is -0.505. The number of unbranched alkanes of at least 4 members (excludes halogenated alkanes) is 1. The van der Waals surface area contributed by atoms with Crippen LogP contribution in [-0.2, 0) is 87.2 Å². The number of ether oxygens (including phenoxy) is 13. The summed E-state index contributed by atoms with van der Waals surface area (Å²) in [5.41, 5.74) is 0.912. The molecule has 76 heavy (non-hydrogen) atoms. The van der Waals surface area contributed by atoms with Gasteiger partial charge in [0.15, 0.2) is 0 Å². The van der Waals surface area contributed by atoms with E-state index in [-0.39, 0.29) is 49.3 Å². The Morgan fingerprint density at radius 1 is 0.513 bits per heavy atom. The predicted octanol–water partition coefficient (Wildman–Crippen LogP) is 3.60. The van der Waals surface area contributed by atoms with Gasteiger partial charge in [-0.25, -0.2) is 4.99 Å². The van der Waals surface area contributed by atoms with Gasteiger partial charge in [-0.15, -0.1) is 0 Å². The summed E-state index contributed by atoms with van der Waals surface area (Å²) in [5.74, 6) is -0.702. The Bertz CT molecular complexity index is 1800. The third-order valence-corrected chi connectivity index (χ3v) is 10.9. The minimum Gasteiger partial charge on any atom is -0.379 e. The number of nitrogens with zero attached hydrogens (tertiary/aromatic N) is 1. The predicted molar refractivity (Wildman–Crippen MR) is 289 cm³/mol. The monoisotopic (exact) mass is 1100 g/mol. The molecule has 0 spiro atoms. The van der Waals surface area contributed by atoms with E-state index in [0.29, 0.717) is 217 Å². The Kier molecular flexibility index (Phi) is 46.7. The Morgan fingerprint density at radius 2 is 0.987 bits per heavy atom. The van der Waals surface area contributed by atoms with Crippen molar-refractivity contribution in [1.29, 1.82) is 0 Å². The second-order valence-corrected chi connectivity index (χ2v) is 17.2. The molecule has 0 saturated carbocycles. The van der Waals surface area contributed by atoms with Crippen LogP contribution in [-0.4, -0.2) is 227 Å². The summed E-state index contributed by atoms with van der Waals surface area (Å²) in [6, 6.07) is 14.0. The van der Waals surface area contributed by atoms with Gasteiger partial charge in [0.25, 0.3) is 0 Å². The van der Waals surface area contributed by atoms with Crippen LogP contribution in [0.1, 0.15) is 51.0 Å². The number of carbonyl (C=O) groups excluding carboxylic acids is 4. The molecule has 0 aliphatic carbocycles. The number of rotatable bonds is 57. The topological polar surface area (TPSA) is 237 Å². The van der Waals surface area contributed by atoms with Crippen molar-refractivity contribution in [2.45, 2.75) is 51.9 Å². The molecule has 21 nitrogen and oxygen atoms in total. The fraction of sp³-hybridized carbons (Fsp3) is 0.722. The Hall–Kier alpha value is -3.78. The number of fused-ring (bicyclic) bond motifs is 1. The first kappa shape index (κ1) is 68.3. The van der Waals surface area contributed by atoms with Crippen LogP contribution in [0.3, 0.4) is 0 Å². The van der Waals surface area contributed by atoms with E-state index in [1.807, 2.05) is 42.5 Å². The zero-order valence-electron chi connectivity index (χ0n) is 45.1. The van der Waals surface area contributed by atoms with E-state index >= 15 is 0 Å². The first-order valence-corrected chi connectivity index (χ1v) is 27.1. The lowest BCUT2D eigenvalue weighted by Crippen LogP contribution is -2.35. The molecule has 0 fully saturated rings. The van der Waals surface area contributed by atoms with Gasteiger partial charge >= 0.3 is 0 Å². The molecule has 1 unspecified atom stereocenters. The molecule has 2 aromatic rings. The standard InChI is InChI=1S/C54H88N4O17S/c1-47(59)11-17-63-22-26-67-31-34-71-36-38-73-40-41-74-39-37-72-35-33-69-28-24-65-19-14-55-45-75-21-16-58-54(62)51(44-52(60)43-48-9-10-49-6-2-3-7-50(49)42-48)8-4-5-13-57-53(61)12-18-64-23-27-68-30-32-70-29-25-66-20-15-56-46-76/h2-3,6-7,9-10,42,51,55H,4-5,8,11-41,43-45H2,1H3,(H,57,61)(H,58,62). The summed E-state index contributed by atoms with van der Waals surface area (Å²) < 4.78 is 71.2. The average Bonchev–Trinajstić information content (AvgIpc) is 3.41. The van der Waals surface area contributed by atoms with Crippen molar-refractivity contribution in [3.63, 3.8) is 0 Å². The van der Waals surface area contributed by atoms with E-state index in [1.165, 1.54) is 0 Å². The van der Waals surface area contributed by atoms with E-state index in [9.17, 15) is 19.2 Å². The molecule has 2 amide bonds. The van der Waals surface area contributed by atoms with Gasteiger partial charge in [0, 0.05) is 51.2 Å². The second kappa shape index (κ2) is 51.9. The number of amides is 2. The molecule has 2 rings (SSSR count). The van der Waals surface area contributed by atoms with Crippen LogP contribution in [0, 0.1) is 5.92 Å². The van der Waals surface area contributed by atoms with Crippen LogP contribution in [0.2, 0.25) is 0 Å². The van der Waals surface area contributed by atoms with Crippen molar-refractivity contribution in [1.82, 2.24) is 16.0 Å². The molecular formula is C54H88N4O17S. The zero-order chi connectivity index (χ0) is 54.5. The Balaban J connectivity index is 1.45. The molecule has 1 atom stereocenters. The maximum absolute atomic E-state index is 13.4. The summed E-state index contributed by atoms with van der Waals surface area (Å²) in [7, 11) is 0. The number of Topliss-reactive ketones (excluding diaryl/α,β-unsaturated/α-hetero) is 2. The summed E-state index contributed by atoms with van der Waals surface area (Å²) in [6.07, 6.45) is 2.85. The first-order chi connectivity index (χ1) is 37.4. The zero-order valence-corrected chi connectivity index (χ0v) is 45.9. The highest BCUT2D eigenvalue weighted by molar-refractivity contribution is 7.78. The number of thiocarbonyl (C=S) groups is 1. The Labute approximate surface area is 455 Å². The van der Waals surface area contributed by atoms with Gasteiger partial charge < -0.3 is 72.2 Å². The molecule has 0 aliphatic heterocycles. The highest BCUT2D eigenvalue weighted by atomic mass is 32.1. The number of carbonyl (C=O) groups is 4. The van der Waals surface area contributed by atoms with E-state index in [4.69, 9.17) is 61.6 Å². The molecule has 0 radical (unpaired) electrons. The lowest BCUT2D eigenvalue weighted by Gasteiger charge is -2.17. The second-order valence-electron chi connectivity index (χ2n) is 17.0. The van der Waals surface area contributed by atoms with Crippen LogP contribution < -0.4 is 16.0 Å². The normalized spacial score (nSPS) is 11.7. The van der Waals surface area contributed by atoms with Crippen molar-refractivity contribution in [3.05, 3.63) is 48.0 Å². The molecule has 0 bridgehead atoms. The number of ketones is 2.